The van der Waals surface area contributed by atoms with Crippen LogP contribution in [0.5, 0.6) is 0 Å². The first-order chi connectivity index (χ1) is 11.9. The van der Waals surface area contributed by atoms with Crippen molar-refractivity contribution >= 4 is 17.6 Å². The van der Waals surface area contributed by atoms with Crippen molar-refractivity contribution in [2.75, 3.05) is 11.9 Å². The van der Waals surface area contributed by atoms with Crippen LogP contribution in [0, 0.1) is 6.92 Å². The molecule has 0 aliphatic carbocycles. The molecule has 3 amide bonds. The van der Waals surface area contributed by atoms with Crippen LogP contribution >= 0.6 is 0 Å². The third-order valence-electron chi connectivity index (χ3n) is 3.72. The number of urea groups is 1. The average Bonchev–Trinajstić information content (AvgIpc) is 3.00. The van der Waals surface area contributed by atoms with Crippen molar-refractivity contribution in [1.29, 1.82) is 0 Å². The van der Waals surface area contributed by atoms with Crippen LogP contribution in [0.4, 0.5) is 10.5 Å². The molecule has 0 radical (unpaired) electrons. The zero-order valence-electron chi connectivity index (χ0n) is 14.9. The molecule has 0 spiro atoms. The molecule has 0 saturated carbocycles. The maximum absolute atomic E-state index is 12.3. The Morgan fingerprint density at radius 3 is 2.64 bits per heavy atom. The Balaban J connectivity index is 2.04. The molecule has 8 heteroatoms. The summed E-state index contributed by atoms with van der Waals surface area (Å²) < 4.78 is 5.05. The van der Waals surface area contributed by atoms with Gasteiger partial charge in [-0.3, -0.25) is 4.79 Å². The van der Waals surface area contributed by atoms with E-state index in [-0.39, 0.29) is 11.9 Å². The molecule has 0 aliphatic heterocycles. The van der Waals surface area contributed by atoms with Gasteiger partial charge in [-0.1, -0.05) is 23.4 Å². The molecule has 1 heterocycles. The molecule has 0 bridgehead atoms. The van der Waals surface area contributed by atoms with Gasteiger partial charge in [0.1, 0.15) is 6.04 Å². The van der Waals surface area contributed by atoms with E-state index in [0.29, 0.717) is 30.5 Å². The van der Waals surface area contributed by atoms with E-state index in [1.165, 1.54) is 6.92 Å². The van der Waals surface area contributed by atoms with Crippen molar-refractivity contribution in [3.63, 3.8) is 0 Å². The highest BCUT2D eigenvalue weighted by Crippen LogP contribution is 2.18. The minimum Gasteiger partial charge on any atom is -0.339 e. The van der Waals surface area contributed by atoms with Gasteiger partial charge in [-0.2, -0.15) is 4.98 Å². The minimum absolute atomic E-state index is 0.0119. The normalized spacial score (nSPS) is 11.7. The first-order valence-corrected chi connectivity index (χ1v) is 8.11. The molecule has 1 aromatic heterocycles. The zero-order chi connectivity index (χ0) is 18.4. The van der Waals surface area contributed by atoms with Crippen LogP contribution in [-0.4, -0.2) is 33.5 Å². The zero-order valence-corrected chi connectivity index (χ0v) is 14.9. The lowest BCUT2D eigenvalue weighted by atomic mass is 10.1. The molecule has 2 N–H and O–H groups in total. The second kappa shape index (κ2) is 8.27. The van der Waals surface area contributed by atoms with Crippen LogP contribution in [0.15, 0.2) is 28.8 Å². The summed E-state index contributed by atoms with van der Waals surface area (Å²) in [6.45, 7) is 7.94. The van der Waals surface area contributed by atoms with E-state index in [2.05, 4.69) is 20.8 Å². The van der Waals surface area contributed by atoms with Crippen molar-refractivity contribution in [2.45, 2.75) is 40.3 Å². The van der Waals surface area contributed by atoms with Crippen molar-refractivity contribution in [1.82, 2.24) is 20.4 Å². The second-order valence-corrected chi connectivity index (χ2v) is 5.69. The molecule has 2 aromatic rings. The lowest BCUT2D eigenvalue weighted by Crippen LogP contribution is -2.32. The summed E-state index contributed by atoms with van der Waals surface area (Å²) in [4.78, 5) is 29.7. The average molecular weight is 345 g/mol. The predicted octanol–water partition coefficient (Wildman–Crippen LogP) is 2.63. The van der Waals surface area contributed by atoms with E-state index < -0.39 is 6.04 Å². The summed E-state index contributed by atoms with van der Waals surface area (Å²) in [5.41, 5.74) is 1.50. The number of nitrogens with one attached hydrogen (secondary N) is 2. The number of rotatable bonds is 6. The molecule has 134 valence electrons. The molecule has 1 atom stereocenters. The predicted molar refractivity (Wildman–Crippen MR) is 92.8 cm³/mol. The van der Waals surface area contributed by atoms with E-state index in [0.717, 1.165) is 5.56 Å². The maximum Gasteiger partial charge on any atom is 0.319 e. The van der Waals surface area contributed by atoms with E-state index in [1.54, 1.807) is 24.8 Å². The summed E-state index contributed by atoms with van der Waals surface area (Å²) in [6, 6.07) is 6.57. The van der Waals surface area contributed by atoms with E-state index in [9.17, 15) is 9.59 Å². The van der Waals surface area contributed by atoms with Gasteiger partial charge in [0.15, 0.2) is 5.82 Å². The fourth-order valence-electron chi connectivity index (χ4n) is 2.34. The largest absolute Gasteiger partial charge is 0.339 e. The SMILES string of the molecule is CCN(Cc1ccccc1NC(=O)N[C@H](C)c1nc(C)no1)C(C)=O. The summed E-state index contributed by atoms with van der Waals surface area (Å²) in [5, 5.41) is 9.26. The number of aromatic nitrogens is 2. The van der Waals surface area contributed by atoms with Crippen molar-refractivity contribution < 1.29 is 14.1 Å². The number of nitrogens with zero attached hydrogens (tertiary/aromatic N) is 3. The summed E-state index contributed by atoms with van der Waals surface area (Å²) in [6.07, 6.45) is 0. The molecular formula is C17H23N5O3. The number of carbonyl (C=O) groups excluding carboxylic acids is 2. The fourth-order valence-corrected chi connectivity index (χ4v) is 2.34. The van der Waals surface area contributed by atoms with Crippen LogP contribution in [-0.2, 0) is 11.3 Å². The molecule has 25 heavy (non-hydrogen) atoms. The lowest BCUT2D eigenvalue weighted by Gasteiger charge is -2.21. The summed E-state index contributed by atoms with van der Waals surface area (Å²) in [7, 11) is 0. The van der Waals surface area contributed by atoms with E-state index >= 15 is 0 Å². The number of amides is 3. The molecular weight excluding hydrogens is 322 g/mol. The number of carbonyl (C=O) groups is 2. The number of anilines is 1. The Labute approximate surface area is 146 Å². The van der Waals surface area contributed by atoms with E-state index in [4.69, 9.17) is 4.52 Å². The van der Waals surface area contributed by atoms with Crippen molar-refractivity contribution in [3.05, 3.63) is 41.5 Å². The Bertz CT molecular complexity index is 743. The number of para-hydroxylation sites is 1. The van der Waals surface area contributed by atoms with Gasteiger partial charge in [0, 0.05) is 25.7 Å². The van der Waals surface area contributed by atoms with Gasteiger partial charge in [0.2, 0.25) is 11.8 Å². The van der Waals surface area contributed by atoms with Crippen molar-refractivity contribution in [2.24, 2.45) is 0 Å². The summed E-state index contributed by atoms with van der Waals surface area (Å²) in [5.74, 6) is 0.843. The van der Waals surface area contributed by atoms with Gasteiger partial charge in [-0.25, -0.2) is 4.79 Å². The molecule has 0 unspecified atom stereocenters. The molecule has 0 saturated heterocycles. The van der Waals surface area contributed by atoms with Crippen LogP contribution in [0.3, 0.4) is 0 Å². The molecule has 1 aromatic carbocycles. The van der Waals surface area contributed by atoms with E-state index in [1.807, 2.05) is 25.1 Å². The standard InChI is InChI=1S/C17H23N5O3/c1-5-22(13(4)23)10-14-8-6-7-9-15(14)20-17(24)18-11(2)16-19-12(3)21-25-16/h6-9,11H,5,10H2,1-4H3,(H2,18,20,24)/t11-/m1/s1. The third-order valence-corrected chi connectivity index (χ3v) is 3.72. The fraction of sp³-hybridized carbons (Fsp3) is 0.412. The summed E-state index contributed by atoms with van der Waals surface area (Å²) >= 11 is 0. The quantitative estimate of drug-likeness (QED) is 0.838. The number of hydrogen-bond acceptors (Lipinski definition) is 5. The molecule has 0 fully saturated rings. The van der Waals surface area contributed by atoms with Crippen LogP contribution in [0.1, 0.15) is 44.1 Å². The topological polar surface area (TPSA) is 100 Å². The first kappa shape index (κ1) is 18.4. The van der Waals surface area contributed by atoms with Gasteiger partial charge in [0.05, 0.1) is 0 Å². The lowest BCUT2D eigenvalue weighted by molar-refractivity contribution is -0.129. The monoisotopic (exact) mass is 345 g/mol. The molecule has 0 aliphatic rings. The van der Waals surface area contributed by atoms with Crippen LogP contribution in [0.2, 0.25) is 0 Å². The Morgan fingerprint density at radius 1 is 1.32 bits per heavy atom. The van der Waals surface area contributed by atoms with Gasteiger partial charge < -0.3 is 20.1 Å². The highest BCUT2D eigenvalue weighted by molar-refractivity contribution is 5.90. The minimum atomic E-state index is -0.419. The van der Waals surface area contributed by atoms with Crippen LogP contribution < -0.4 is 10.6 Å². The third kappa shape index (κ3) is 5.03. The first-order valence-electron chi connectivity index (χ1n) is 8.11. The number of benzene rings is 1. The highest BCUT2D eigenvalue weighted by atomic mass is 16.5. The Hall–Kier alpha value is -2.90. The molecule has 8 nitrogen and oxygen atoms in total. The maximum atomic E-state index is 12.3. The highest BCUT2D eigenvalue weighted by Gasteiger charge is 2.17. The number of hydrogen-bond donors (Lipinski definition) is 2. The number of aryl methyl sites for hydroxylation is 1. The Morgan fingerprint density at radius 2 is 2.04 bits per heavy atom. The van der Waals surface area contributed by atoms with Crippen molar-refractivity contribution in [3.8, 4) is 0 Å². The smallest absolute Gasteiger partial charge is 0.319 e. The van der Waals surface area contributed by atoms with Gasteiger partial charge in [0.25, 0.3) is 0 Å². The van der Waals surface area contributed by atoms with Gasteiger partial charge >= 0.3 is 6.03 Å². The van der Waals surface area contributed by atoms with Crippen LogP contribution in [0.25, 0.3) is 0 Å². The second-order valence-electron chi connectivity index (χ2n) is 5.69. The molecule has 2 rings (SSSR count). The van der Waals surface area contributed by atoms with Gasteiger partial charge in [-0.05, 0) is 32.4 Å². The van der Waals surface area contributed by atoms with Gasteiger partial charge in [-0.15, -0.1) is 0 Å². The Kier molecular flexibility index (Phi) is 6.10.